The second kappa shape index (κ2) is 6.51. The van der Waals surface area contributed by atoms with Crippen LogP contribution in [0, 0.1) is 6.92 Å². The molecule has 2 rings (SSSR count). The van der Waals surface area contributed by atoms with E-state index in [4.69, 9.17) is 4.74 Å². The van der Waals surface area contributed by atoms with Crippen molar-refractivity contribution in [2.75, 3.05) is 6.61 Å². The molecule has 0 amide bonds. The van der Waals surface area contributed by atoms with Crippen molar-refractivity contribution in [1.82, 2.24) is 0 Å². The van der Waals surface area contributed by atoms with Crippen molar-refractivity contribution in [3.63, 3.8) is 0 Å². The molecule has 1 radical (unpaired) electrons. The van der Waals surface area contributed by atoms with Crippen LogP contribution in [0.5, 0.6) is 0 Å². The average molecular weight is 314 g/mol. The first-order valence-electron chi connectivity index (χ1n) is 5.38. The standard InChI is InChI=1S/C7H7.C5H9O.H2O.Sn.H/c1-7-5-3-2-4-6-7;1-2-4-6-5-3-1;;;/h3-6H,1H3;4H,1-3,5H2;1H2;;. The summed E-state index contributed by atoms with van der Waals surface area (Å²) in [5.41, 5.74) is 1.36. The smallest absolute Gasteiger partial charge is 0.412 e. The zero-order valence-corrected chi connectivity index (χ0v) is 12.5. The van der Waals surface area contributed by atoms with Gasteiger partial charge in [-0.2, -0.15) is 0 Å². The van der Waals surface area contributed by atoms with Crippen LogP contribution in [0.15, 0.2) is 24.3 Å². The molecule has 1 aliphatic rings. The summed E-state index contributed by atoms with van der Waals surface area (Å²) >= 11 is -0.666. The molecule has 15 heavy (non-hydrogen) atoms. The van der Waals surface area contributed by atoms with E-state index >= 15 is 0 Å². The fourth-order valence-corrected chi connectivity index (χ4v) is 6.01. The van der Waals surface area contributed by atoms with E-state index in [9.17, 15) is 0 Å². The maximum absolute atomic E-state index is 5.80. The van der Waals surface area contributed by atoms with Gasteiger partial charge in [0.1, 0.15) is 0 Å². The molecule has 1 aliphatic heterocycles. The van der Waals surface area contributed by atoms with Gasteiger partial charge in [-0.25, -0.2) is 0 Å². The number of hydrogen-bond donors (Lipinski definition) is 0. The Morgan fingerprint density at radius 3 is 2.53 bits per heavy atom. The zero-order valence-electron chi connectivity index (χ0n) is 9.20. The van der Waals surface area contributed by atoms with Gasteiger partial charge in [-0.1, -0.05) is 0 Å². The summed E-state index contributed by atoms with van der Waals surface area (Å²) < 4.78 is 8.05. The summed E-state index contributed by atoms with van der Waals surface area (Å²) in [6.45, 7) is 3.15. The predicted molar refractivity (Wildman–Crippen MR) is 65.2 cm³/mol. The molecule has 0 spiro atoms. The molecule has 1 unspecified atom stereocenters. The van der Waals surface area contributed by atoms with Gasteiger partial charge >= 0.3 is 96.2 Å². The second-order valence-electron chi connectivity index (χ2n) is 3.98. The third kappa shape index (κ3) is 4.13. The van der Waals surface area contributed by atoms with Crippen LogP contribution in [0.25, 0.3) is 0 Å². The normalized spacial score (nSPS) is 20.7. The molecule has 1 aromatic rings. The molecule has 0 aromatic heterocycles. The fourth-order valence-electron chi connectivity index (χ4n) is 1.79. The van der Waals surface area contributed by atoms with Crippen LogP contribution in [-0.2, 0) is 4.74 Å². The first-order valence-corrected chi connectivity index (χ1v) is 8.93. The third-order valence-corrected chi connectivity index (χ3v) is 7.43. The number of rotatable bonds is 2. The molecule has 3 heteroatoms. The average Bonchev–Trinajstić information content (AvgIpc) is 2.23. The number of benzene rings is 1. The van der Waals surface area contributed by atoms with E-state index in [1.54, 1.807) is 3.58 Å². The Hall–Kier alpha value is -0.0613. The van der Waals surface area contributed by atoms with E-state index in [-0.39, 0.29) is 5.48 Å². The Kier molecular flexibility index (Phi) is 5.64. The van der Waals surface area contributed by atoms with Crippen LogP contribution in [0.3, 0.4) is 0 Å². The summed E-state index contributed by atoms with van der Waals surface area (Å²) in [5, 5.41) is 0. The second-order valence-corrected chi connectivity index (χ2v) is 8.96. The van der Waals surface area contributed by atoms with Crippen LogP contribution in [0.2, 0.25) is 0 Å². The fraction of sp³-hybridized carbons (Fsp3) is 0.500. The van der Waals surface area contributed by atoms with Crippen molar-refractivity contribution < 1.29 is 10.2 Å². The molecule has 83 valence electrons. The first kappa shape index (κ1) is 13.0. The molecule has 1 heterocycles. The molecule has 0 aliphatic carbocycles. The van der Waals surface area contributed by atoms with E-state index in [0.29, 0.717) is 4.12 Å². The minimum atomic E-state index is -0.666. The summed E-state index contributed by atoms with van der Waals surface area (Å²) in [5.74, 6) is 0. The Bertz CT molecular complexity index is 278. The van der Waals surface area contributed by atoms with Crippen LogP contribution < -0.4 is 3.58 Å². The number of ether oxygens (including phenoxy) is 1. The quantitative estimate of drug-likeness (QED) is 0.743. The Morgan fingerprint density at radius 1 is 1.20 bits per heavy atom. The zero-order chi connectivity index (χ0) is 9.80. The summed E-state index contributed by atoms with van der Waals surface area (Å²) in [4.78, 5) is 0. The van der Waals surface area contributed by atoms with E-state index in [1.165, 1.54) is 24.8 Å². The molecule has 0 bridgehead atoms. The van der Waals surface area contributed by atoms with Gasteiger partial charge < -0.3 is 5.48 Å². The van der Waals surface area contributed by atoms with Crippen LogP contribution in [0.1, 0.15) is 24.8 Å². The molecule has 2 N–H and O–H groups in total. The van der Waals surface area contributed by atoms with Gasteiger partial charge in [-0.15, -0.1) is 0 Å². The topological polar surface area (TPSA) is 40.7 Å². The van der Waals surface area contributed by atoms with Gasteiger partial charge in [0.25, 0.3) is 0 Å². The molecule has 1 atom stereocenters. The summed E-state index contributed by atoms with van der Waals surface area (Å²) in [7, 11) is 0. The van der Waals surface area contributed by atoms with Crippen molar-refractivity contribution in [1.29, 1.82) is 0 Å². The predicted octanol–water partition coefficient (Wildman–Crippen LogP) is 0.759. The van der Waals surface area contributed by atoms with Crippen molar-refractivity contribution in [2.24, 2.45) is 0 Å². The SMILES string of the molecule is Cc1cc[c]([SnH][CH]2CCCCO2)cc1.O. The molecule has 1 saturated heterocycles. The molecule has 1 aromatic carbocycles. The van der Waals surface area contributed by atoms with Crippen molar-refractivity contribution in [3.05, 3.63) is 29.8 Å². The molecular weight excluding hydrogens is 295 g/mol. The third-order valence-electron chi connectivity index (χ3n) is 2.67. The van der Waals surface area contributed by atoms with Gasteiger partial charge in [-0.05, 0) is 0 Å². The maximum atomic E-state index is 5.80. The molecule has 2 nitrogen and oxygen atoms in total. The van der Waals surface area contributed by atoms with Crippen LogP contribution in [0.4, 0.5) is 0 Å². The number of aryl methyl sites for hydroxylation is 1. The van der Waals surface area contributed by atoms with E-state index in [1.807, 2.05) is 0 Å². The number of hydrogen-bond acceptors (Lipinski definition) is 1. The molecule has 1 fully saturated rings. The van der Waals surface area contributed by atoms with Gasteiger partial charge in [0, 0.05) is 0 Å². The monoisotopic (exact) mass is 315 g/mol. The van der Waals surface area contributed by atoms with Crippen LogP contribution in [-0.4, -0.2) is 37.3 Å². The van der Waals surface area contributed by atoms with E-state index in [0.717, 1.165) is 6.61 Å². The largest absolute Gasteiger partial charge is 0.412 e. The minimum absolute atomic E-state index is 0. The summed E-state index contributed by atoms with van der Waals surface area (Å²) in [6, 6.07) is 9.05. The van der Waals surface area contributed by atoms with Crippen molar-refractivity contribution in [3.8, 4) is 0 Å². The van der Waals surface area contributed by atoms with Crippen molar-refractivity contribution in [2.45, 2.75) is 30.3 Å². The van der Waals surface area contributed by atoms with Gasteiger partial charge in [0.2, 0.25) is 0 Å². The molecule has 0 saturated carbocycles. The van der Waals surface area contributed by atoms with Crippen LogP contribution >= 0.6 is 0 Å². The maximum Gasteiger partial charge on any atom is -0.412 e. The summed E-state index contributed by atoms with van der Waals surface area (Å²) in [6.07, 6.45) is 3.96. The Balaban J connectivity index is 0.00000112. The Morgan fingerprint density at radius 2 is 1.93 bits per heavy atom. The van der Waals surface area contributed by atoms with Gasteiger partial charge in [0.15, 0.2) is 0 Å². The first-order chi connectivity index (χ1) is 6.84. The van der Waals surface area contributed by atoms with Gasteiger partial charge in [-0.3, -0.25) is 0 Å². The van der Waals surface area contributed by atoms with Crippen molar-refractivity contribution >= 4 is 24.7 Å². The minimum Gasteiger partial charge on any atom is -0.412 e. The molecular formula is C12H19O2Sn. The van der Waals surface area contributed by atoms with Gasteiger partial charge in [0.05, 0.1) is 0 Å². The van der Waals surface area contributed by atoms with E-state index in [2.05, 4.69) is 31.2 Å². The van der Waals surface area contributed by atoms with E-state index < -0.39 is 21.1 Å². The Labute approximate surface area is 102 Å².